The molecule has 27 heavy (non-hydrogen) atoms. The highest BCUT2D eigenvalue weighted by atomic mass is 16.1. The predicted molar refractivity (Wildman–Crippen MR) is 112 cm³/mol. The Balaban J connectivity index is 1.30. The molecular formula is C23H37N3O. The standard InChI is InChI=1S/C23H37N3O/c1-2-22-11-6-7-15-26(22)16-8-14-24-23(27)21-12-17-25(18-13-21)19-20-9-4-3-5-10-20/h3-5,9-10,21-22H,2,6-8,11-19H2,1H3,(H,24,27)/t22-/m1/s1. The molecule has 4 nitrogen and oxygen atoms in total. The van der Waals surface area contributed by atoms with Crippen molar-refractivity contribution in [1.29, 1.82) is 0 Å². The van der Waals surface area contributed by atoms with Crippen LogP contribution in [0.1, 0.15) is 57.4 Å². The Morgan fingerprint density at radius 1 is 1.07 bits per heavy atom. The molecule has 0 radical (unpaired) electrons. The van der Waals surface area contributed by atoms with Crippen LogP contribution in [0.15, 0.2) is 30.3 Å². The summed E-state index contributed by atoms with van der Waals surface area (Å²) in [6.45, 7) is 8.56. The number of piperidine rings is 2. The summed E-state index contributed by atoms with van der Waals surface area (Å²) < 4.78 is 0. The van der Waals surface area contributed by atoms with Crippen LogP contribution in [0.3, 0.4) is 0 Å². The van der Waals surface area contributed by atoms with E-state index in [0.717, 1.165) is 58.0 Å². The SMILES string of the molecule is CC[C@@H]1CCCCN1CCCNC(=O)C1CCN(Cc2ccccc2)CC1. The Labute approximate surface area is 165 Å². The van der Waals surface area contributed by atoms with Gasteiger partial charge in [0, 0.05) is 31.6 Å². The highest BCUT2D eigenvalue weighted by Crippen LogP contribution is 2.20. The Morgan fingerprint density at radius 3 is 2.59 bits per heavy atom. The van der Waals surface area contributed by atoms with Crippen molar-refractivity contribution in [1.82, 2.24) is 15.1 Å². The number of likely N-dealkylation sites (tertiary alicyclic amines) is 2. The number of hydrogen-bond donors (Lipinski definition) is 1. The van der Waals surface area contributed by atoms with Gasteiger partial charge in [-0.25, -0.2) is 0 Å². The molecule has 0 saturated carbocycles. The first kappa shape index (κ1) is 20.3. The molecule has 0 spiro atoms. The van der Waals surface area contributed by atoms with E-state index in [2.05, 4.69) is 52.4 Å². The van der Waals surface area contributed by atoms with Crippen molar-refractivity contribution >= 4 is 5.91 Å². The van der Waals surface area contributed by atoms with E-state index in [4.69, 9.17) is 0 Å². The molecule has 1 aromatic carbocycles. The molecule has 2 aliphatic heterocycles. The zero-order valence-corrected chi connectivity index (χ0v) is 17.0. The van der Waals surface area contributed by atoms with Gasteiger partial charge in [0.1, 0.15) is 0 Å². The monoisotopic (exact) mass is 371 g/mol. The molecule has 0 aliphatic carbocycles. The summed E-state index contributed by atoms with van der Waals surface area (Å²) in [6.07, 6.45) is 8.39. The average Bonchev–Trinajstić information content (AvgIpc) is 2.72. The van der Waals surface area contributed by atoms with Crippen LogP contribution in [0, 0.1) is 5.92 Å². The van der Waals surface area contributed by atoms with E-state index in [1.165, 1.54) is 37.8 Å². The number of carbonyl (C=O) groups is 1. The first-order valence-electron chi connectivity index (χ1n) is 11.0. The van der Waals surface area contributed by atoms with Crippen LogP contribution in [0.25, 0.3) is 0 Å². The van der Waals surface area contributed by atoms with Gasteiger partial charge in [-0.1, -0.05) is 43.7 Å². The summed E-state index contributed by atoms with van der Waals surface area (Å²) in [5, 5.41) is 3.21. The van der Waals surface area contributed by atoms with Crippen LogP contribution >= 0.6 is 0 Å². The van der Waals surface area contributed by atoms with Crippen molar-refractivity contribution in [2.75, 3.05) is 32.7 Å². The molecule has 1 N–H and O–H groups in total. The third-order valence-corrected chi connectivity index (χ3v) is 6.35. The minimum absolute atomic E-state index is 0.204. The van der Waals surface area contributed by atoms with Crippen molar-refractivity contribution in [2.45, 2.75) is 64.5 Å². The molecular weight excluding hydrogens is 334 g/mol. The van der Waals surface area contributed by atoms with Gasteiger partial charge in [0.25, 0.3) is 0 Å². The molecule has 150 valence electrons. The molecule has 2 fully saturated rings. The molecule has 3 rings (SSSR count). The van der Waals surface area contributed by atoms with Crippen LogP contribution in [-0.2, 0) is 11.3 Å². The number of rotatable bonds is 8. The lowest BCUT2D eigenvalue weighted by Crippen LogP contribution is -2.42. The zero-order valence-electron chi connectivity index (χ0n) is 17.0. The van der Waals surface area contributed by atoms with Gasteiger partial charge in [-0.3, -0.25) is 9.69 Å². The lowest BCUT2D eigenvalue weighted by atomic mass is 9.95. The van der Waals surface area contributed by atoms with E-state index in [-0.39, 0.29) is 11.8 Å². The lowest BCUT2D eigenvalue weighted by Gasteiger charge is -2.35. The Hall–Kier alpha value is -1.39. The number of carbonyl (C=O) groups excluding carboxylic acids is 1. The Bertz CT molecular complexity index is 554. The van der Waals surface area contributed by atoms with Gasteiger partial charge < -0.3 is 10.2 Å². The normalized spacial score (nSPS) is 22.6. The summed E-state index contributed by atoms with van der Waals surface area (Å²) >= 11 is 0. The van der Waals surface area contributed by atoms with E-state index in [0.29, 0.717) is 0 Å². The van der Waals surface area contributed by atoms with Gasteiger partial charge in [-0.2, -0.15) is 0 Å². The van der Waals surface area contributed by atoms with Crippen molar-refractivity contribution in [3.8, 4) is 0 Å². The van der Waals surface area contributed by atoms with Gasteiger partial charge in [0.05, 0.1) is 0 Å². The molecule has 2 aliphatic rings. The topological polar surface area (TPSA) is 35.6 Å². The molecule has 0 bridgehead atoms. The fourth-order valence-electron chi connectivity index (χ4n) is 4.65. The summed E-state index contributed by atoms with van der Waals surface area (Å²) in [7, 11) is 0. The maximum atomic E-state index is 12.5. The summed E-state index contributed by atoms with van der Waals surface area (Å²) in [5.74, 6) is 0.482. The maximum absolute atomic E-state index is 12.5. The maximum Gasteiger partial charge on any atom is 0.223 e. The van der Waals surface area contributed by atoms with Crippen LogP contribution < -0.4 is 5.32 Å². The van der Waals surface area contributed by atoms with Crippen LogP contribution in [-0.4, -0.2) is 54.5 Å². The third kappa shape index (κ3) is 6.32. The summed E-state index contributed by atoms with van der Waals surface area (Å²) in [4.78, 5) is 17.6. The van der Waals surface area contributed by atoms with Crippen molar-refractivity contribution in [2.24, 2.45) is 5.92 Å². The van der Waals surface area contributed by atoms with E-state index in [9.17, 15) is 4.79 Å². The molecule has 2 saturated heterocycles. The van der Waals surface area contributed by atoms with Gasteiger partial charge in [0.15, 0.2) is 0 Å². The first-order valence-corrected chi connectivity index (χ1v) is 11.0. The van der Waals surface area contributed by atoms with E-state index in [1.807, 2.05) is 0 Å². The smallest absolute Gasteiger partial charge is 0.223 e. The second-order valence-electron chi connectivity index (χ2n) is 8.27. The fraction of sp³-hybridized carbons (Fsp3) is 0.696. The van der Waals surface area contributed by atoms with Crippen LogP contribution in [0.2, 0.25) is 0 Å². The number of hydrogen-bond acceptors (Lipinski definition) is 3. The van der Waals surface area contributed by atoms with Gasteiger partial charge >= 0.3 is 0 Å². The number of nitrogens with zero attached hydrogens (tertiary/aromatic N) is 2. The Morgan fingerprint density at radius 2 is 1.85 bits per heavy atom. The number of benzene rings is 1. The predicted octanol–water partition coefficient (Wildman–Crippen LogP) is 3.67. The second kappa shape index (κ2) is 10.8. The van der Waals surface area contributed by atoms with Gasteiger partial charge in [0.2, 0.25) is 5.91 Å². The second-order valence-corrected chi connectivity index (χ2v) is 8.27. The molecule has 2 heterocycles. The minimum Gasteiger partial charge on any atom is -0.356 e. The first-order chi connectivity index (χ1) is 13.3. The molecule has 1 atom stereocenters. The summed E-state index contributed by atoms with van der Waals surface area (Å²) in [5.41, 5.74) is 1.36. The third-order valence-electron chi connectivity index (χ3n) is 6.35. The quantitative estimate of drug-likeness (QED) is 0.708. The van der Waals surface area contributed by atoms with Crippen molar-refractivity contribution in [3.63, 3.8) is 0 Å². The van der Waals surface area contributed by atoms with E-state index < -0.39 is 0 Å². The number of nitrogens with one attached hydrogen (secondary N) is 1. The van der Waals surface area contributed by atoms with Crippen LogP contribution in [0.4, 0.5) is 0 Å². The fourth-order valence-corrected chi connectivity index (χ4v) is 4.65. The van der Waals surface area contributed by atoms with Crippen molar-refractivity contribution < 1.29 is 4.79 Å². The molecule has 0 aromatic heterocycles. The molecule has 0 unspecified atom stereocenters. The highest BCUT2D eigenvalue weighted by molar-refractivity contribution is 5.78. The van der Waals surface area contributed by atoms with Crippen LogP contribution in [0.5, 0.6) is 0 Å². The minimum atomic E-state index is 0.204. The largest absolute Gasteiger partial charge is 0.356 e. The molecule has 4 heteroatoms. The van der Waals surface area contributed by atoms with E-state index >= 15 is 0 Å². The Kier molecular flexibility index (Phi) is 8.15. The van der Waals surface area contributed by atoms with E-state index in [1.54, 1.807) is 0 Å². The van der Waals surface area contributed by atoms with Gasteiger partial charge in [-0.05, 0) is 63.7 Å². The van der Waals surface area contributed by atoms with Crippen molar-refractivity contribution in [3.05, 3.63) is 35.9 Å². The zero-order chi connectivity index (χ0) is 18.9. The summed E-state index contributed by atoms with van der Waals surface area (Å²) in [6, 6.07) is 11.4. The average molecular weight is 372 g/mol. The number of amides is 1. The van der Waals surface area contributed by atoms with Gasteiger partial charge in [-0.15, -0.1) is 0 Å². The lowest BCUT2D eigenvalue weighted by molar-refractivity contribution is -0.126. The molecule has 1 amide bonds. The highest BCUT2D eigenvalue weighted by Gasteiger charge is 2.25. The molecule has 1 aromatic rings.